The third-order valence-electron chi connectivity index (χ3n) is 6.94. The van der Waals surface area contributed by atoms with E-state index in [1.165, 1.54) is 44.4 Å². The van der Waals surface area contributed by atoms with Gasteiger partial charge in [0.15, 0.2) is 5.82 Å². The highest BCUT2D eigenvalue weighted by molar-refractivity contribution is 5.91. The van der Waals surface area contributed by atoms with Crippen molar-refractivity contribution >= 4 is 17.6 Å². The third kappa shape index (κ3) is 13.3. The van der Waals surface area contributed by atoms with Crippen molar-refractivity contribution < 1.29 is 9.59 Å². The molecule has 2 heterocycles. The van der Waals surface area contributed by atoms with E-state index in [0.717, 1.165) is 34.5 Å². The molecule has 2 aromatic heterocycles. The number of aryl methyl sites for hydroxylation is 1. The van der Waals surface area contributed by atoms with E-state index in [4.69, 9.17) is 11.5 Å². The Morgan fingerprint density at radius 1 is 1.05 bits per heavy atom. The van der Waals surface area contributed by atoms with Crippen LogP contribution in [-0.4, -0.2) is 27.0 Å². The number of anilines is 1. The zero-order chi connectivity index (χ0) is 31.5. The highest BCUT2D eigenvalue weighted by Gasteiger charge is 2.17. The summed E-state index contributed by atoms with van der Waals surface area (Å²) in [5.41, 5.74) is 15.6. The number of carbonyl (C=O) groups is 2. The number of aromatic nitrogens is 3. The van der Waals surface area contributed by atoms with Gasteiger partial charge < -0.3 is 22.1 Å². The number of allylic oxidation sites excluding steroid dienone is 7. The average molecular weight is 586 g/mol. The molecule has 2 amide bonds. The van der Waals surface area contributed by atoms with Crippen LogP contribution in [0.2, 0.25) is 0 Å². The lowest BCUT2D eigenvalue weighted by Gasteiger charge is -2.20. The molecular weight excluding hydrogens is 538 g/mol. The van der Waals surface area contributed by atoms with E-state index in [2.05, 4.69) is 38.8 Å². The van der Waals surface area contributed by atoms with Crippen LogP contribution in [0.4, 0.5) is 5.82 Å². The van der Waals surface area contributed by atoms with Gasteiger partial charge >= 0.3 is 0 Å². The normalized spacial score (nSPS) is 14.8. The predicted octanol–water partition coefficient (Wildman–Crippen LogP) is 6.03. The topological polar surface area (TPSA) is 149 Å². The molecule has 6 N–H and O–H groups in total. The molecule has 43 heavy (non-hydrogen) atoms. The number of rotatable bonds is 11. The summed E-state index contributed by atoms with van der Waals surface area (Å²) in [6.45, 7) is 8.01. The van der Waals surface area contributed by atoms with Gasteiger partial charge in [0.1, 0.15) is 5.82 Å². The first-order valence-corrected chi connectivity index (χ1v) is 14.9. The van der Waals surface area contributed by atoms with E-state index in [0.29, 0.717) is 18.2 Å². The van der Waals surface area contributed by atoms with Crippen LogP contribution in [0, 0.1) is 6.92 Å². The fraction of sp³-hybridized carbons (Fsp3) is 0.382. The maximum Gasteiger partial charge on any atom is 0.231 e. The Bertz CT molecular complexity index is 1320. The number of pyridine rings is 1. The quantitative estimate of drug-likeness (QED) is 0.235. The summed E-state index contributed by atoms with van der Waals surface area (Å²) < 4.78 is 0. The van der Waals surface area contributed by atoms with E-state index in [1.54, 1.807) is 12.3 Å². The van der Waals surface area contributed by atoms with E-state index in [-0.39, 0.29) is 24.1 Å². The molecule has 0 radical (unpaired) electrons. The number of carbonyl (C=O) groups excluding carboxylic acids is 2. The smallest absolute Gasteiger partial charge is 0.231 e. The minimum atomic E-state index is -0.203. The number of hydrogen-bond donors (Lipinski definition) is 4. The molecule has 0 saturated heterocycles. The minimum absolute atomic E-state index is 0.0577. The molecule has 2 aromatic rings. The van der Waals surface area contributed by atoms with Crippen LogP contribution in [-0.2, 0) is 16.0 Å². The predicted molar refractivity (Wildman–Crippen MR) is 174 cm³/mol. The third-order valence-corrected chi connectivity index (χ3v) is 6.94. The summed E-state index contributed by atoms with van der Waals surface area (Å²) in [5.74, 6) is 1.05. The summed E-state index contributed by atoms with van der Waals surface area (Å²) >= 11 is 0. The summed E-state index contributed by atoms with van der Waals surface area (Å²) in [6, 6.07) is 7.63. The fourth-order valence-electron chi connectivity index (χ4n) is 4.61. The zero-order valence-electron chi connectivity index (χ0n) is 26.0. The van der Waals surface area contributed by atoms with Gasteiger partial charge in [0.05, 0.1) is 24.2 Å². The molecule has 1 aliphatic rings. The molecule has 0 aliphatic heterocycles. The molecule has 1 fully saturated rings. The van der Waals surface area contributed by atoms with Crippen LogP contribution in [0.3, 0.4) is 0 Å². The molecule has 0 atom stereocenters. The first-order chi connectivity index (χ1) is 20.8. The van der Waals surface area contributed by atoms with Gasteiger partial charge in [-0.1, -0.05) is 56.6 Å². The molecule has 0 aromatic carbocycles. The Morgan fingerprint density at radius 3 is 2.44 bits per heavy atom. The van der Waals surface area contributed by atoms with Crippen molar-refractivity contribution in [1.29, 1.82) is 0 Å². The summed E-state index contributed by atoms with van der Waals surface area (Å²) in [4.78, 5) is 28.1. The van der Waals surface area contributed by atoms with Crippen LogP contribution in [0.15, 0.2) is 90.1 Å². The van der Waals surface area contributed by atoms with Crippen LogP contribution < -0.4 is 22.1 Å². The highest BCUT2D eigenvalue weighted by atomic mass is 16.2. The first kappa shape index (κ1) is 34.7. The lowest BCUT2D eigenvalue weighted by atomic mass is 9.87. The molecule has 0 unspecified atom stereocenters. The molecule has 230 valence electrons. The monoisotopic (exact) mass is 585 g/mol. The molecule has 0 bridgehead atoms. The van der Waals surface area contributed by atoms with E-state index < -0.39 is 0 Å². The van der Waals surface area contributed by atoms with Gasteiger partial charge in [-0.25, -0.2) is 0 Å². The molecule has 3 rings (SSSR count). The number of nitrogens with zero attached hydrogens (tertiary/aromatic N) is 3. The van der Waals surface area contributed by atoms with E-state index in [1.807, 2.05) is 63.3 Å². The van der Waals surface area contributed by atoms with Crippen molar-refractivity contribution in [3.8, 4) is 0 Å². The standard InChI is InChI=1S/C22H31N3O.C12H16N4O/c1-4-6-11-17(3)19(10-5-2)16-22(26)23-21-15-14-20(24-25-21)18-12-8-7-9-13-18;1-9-4-3-7-15-10(9)8-12(17)16-11(14)5-2-6-13/h4,6,10-11,14-15,18H,5,7-9,12-13,16H2,1-3H3,(H,23,25,26);2-7H,8,13-14H2,1H3,(H,16,17)/b6-4-,17-11-,19-10+;6-2-,11-5+. The number of nitrogens with one attached hydrogen (secondary N) is 2. The van der Waals surface area contributed by atoms with Gasteiger partial charge in [-0.05, 0) is 93.3 Å². The second-order valence-electron chi connectivity index (χ2n) is 10.4. The number of hydrogen-bond acceptors (Lipinski definition) is 7. The second kappa shape index (κ2) is 19.6. The van der Waals surface area contributed by atoms with Gasteiger partial charge in [0, 0.05) is 12.1 Å². The molecule has 1 aliphatic carbocycles. The zero-order valence-corrected chi connectivity index (χ0v) is 26.0. The van der Waals surface area contributed by atoms with Crippen LogP contribution in [0.25, 0.3) is 0 Å². The van der Waals surface area contributed by atoms with E-state index >= 15 is 0 Å². The lowest BCUT2D eigenvalue weighted by Crippen LogP contribution is -2.29. The van der Waals surface area contributed by atoms with Crippen LogP contribution in [0.1, 0.15) is 88.6 Å². The fourth-order valence-corrected chi connectivity index (χ4v) is 4.61. The summed E-state index contributed by atoms with van der Waals surface area (Å²) in [6.07, 6.45) is 21.9. The Morgan fingerprint density at radius 2 is 1.81 bits per heavy atom. The molecule has 9 nitrogen and oxygen atoms in total. The largest absolute Gasteiger partial charge is 0.405 e. The Labute approximate surface area is 256 Å². The summed E-state index contributed by atoms with van der Waals surface area (Å²) in [7, 11) is 0. The molecule has 0 spiro atoms. The maximum absolute atomic E-state index is 12.4. The highest BCUT2D eigenvalue weighted by Crippen LogP contribution is 2.31. The van der Waals surface area contributed by atoms with Gasteiger partial charge in [-0.2, -0.15) is 5.10 Å². The number of amides is 2. The van der Waals surface area contributed by atoms with Crippen molar-refractivity contribution in [1.82, 2.24) is 20.5 Å². The molecule has 9 heteroatoms. The Hall–Kier alpha value is -4.53. The van der Waals surface area contributed by atoms with Crippen LogP contribution >= 0.6 is 0 Å². The maximum atomic E-state index is 12.4. The van der Waals surface area contributed by atoms with Gasteiger partial charge in [-0.3, -0.25) is 14.6 Å². The average Bonchev–Trinajstić information content (AvgIpc) is 3.01. The van der Waals surface area contributed by atoms with Crippen molar-refractivity contribution in [2.75, 3.05) is 5.32 Å². The molecular formula is C34H47N7O2. The van der Waals surface area contributed by atoms with Crippen molar-refractivity contribution in [2.24, 2.45) is 11.5 Å². The second-order valence-corrected chi connectivity index (χ2v) is 10.4. The molecule has 1 saturated carbocycles. The minimum Gasteiger partial charge on any atom is -0.405 e. The Balaban J connectivity index is 0.000000329. The van der Waals surface area contributed by atoms with Crippen molar-refractivity contribution in [2.45, 2.75) is 85.0 Å². The summed E-state index contributed by atoms with van der Waals surface area (Å²) in [5, 5.41) is 14.0. The van der Waals surface area contributed by atoms with Crippen molar-refractivity contribution in [3.63, 3.8) is 0 Å². The Kier molecular flexibility index (Phi) is 15.8. The lowest BCUT2D eigenvalue weighted by molar-refractivity contribution is -0.120. The SMILES string of the molecule is C\C=C/C=C(C)\C(=C\CC)CC(=O)Nc1ccc(C2CCCCC2)nn1.Cc1cccnc1CC(=O)N/C(N)=C/C=C\N. The van der Waals surface area contributed by atoms with Crippen molar-refractivity contribution in [3.05, 3.63) is 107 Å². The first-order valence-electron chi connectivity index (χ1n) is 14.9. The van der Waals surface area contributed by atoms with Gasteiger partial charge in [0.2, 0.25) is 11.8 Å². The van der Waals surface area contributed by atoms with Gasteiger partial charge in [-0.15, -0.1) is 5.10 Å². The van der Waals surface area contributed by atoms with Crippen LogP contribution in [0.5, 0.6) is 0 Å². The number of nitrogens with two attached hydrogens (primary N) is 2. The van der Waals surface area contributed by atoms with Gasteiger partial charge in [0.25, 0.3) is 0 Å². The van der Waals surface area contributed by atoms with E-state index in [9.17, 15) is 9.59 Å².